The Morgan fingerprint density at radius 2 is 0.978 bits per heavy atom. The number of carbonyl (C=O) groups is 2. The molecule has 0 amide bonds. The van der Waals surface area contributed by atoms with Crippen LogP contribution in [0.3, 0.4) is 0 Å². The first-order valence-corrected chi connectivity index (χ1v) is 18.5. The van der Waals surface area contributed by atoms with Crippen LogP contribution in [0.2, 0.25) is 0 Å². The molecule has 0 N–H and O–H groups in total. The van der Waals surface area contributed by atoms with E-state index < -0.39 is 27.0 Å². The number of unbranched alkanes of at least 4 members (excludes halogenated alkanes) is 16. The minimum absolute atomic E-state index is 0. The molecule has 0 radical (unpaired) electrons. The average Bonchev–Trinajstić information content (AvgIpc) is 3.00. The second-order valence-electron chi connectivity index (χ2n) is 11.5. The molecule has 0 aliphatic heterocycles. The summed E-state index contributed by atoms with van der Waals surface area (Å²) < 4.78 is 45.4. The number of benzene rings is 1. The summed E-state index contributed by atoms with van der Waals surface area (Å²) in [6.07, 6.45) is 30.9. The first-order chi connectivity index (χ1) is 21.3. The average molecular weight is 657 g/mol. The van der Waals surface area contributed by atoms with Gasteiger partial charge in [0.25, 0.3) is 0 Å². The van der Waals surface area contributed by atoms with Crippen molar-refractivity contribution in [1.82, 2.24) is 0 Å². The van der Waals surface area contributed by atoms with Crippen LogP contribution in [-0.2, 0) is 19.6 Å². The predicted octanol–water partition coefficient (Wildman–Crippen LogP) is 6.86. The summed E-state index contributed by atoms with van der Waals surface area (Å²) in [5, 5.41) is 0. The fourth-order valence-corrected chi connectivity index (χ4v) is 5.29. The fraction of sp³-hybridized carbons (Fsp3) is 0.667. The fourth-order valence-electron chi connectivity index (χ4n) is 4.80. The molecule has 0 atom stereocenters. The van der Waals surface area contributed by atoms with Crippen LogP contribution in [-0.4, -0.2) is 38.1 Å². The molecule has 9 heteroatoms. The maximum atomic E-state index is 12.8. The Morgan fingerprint density at radius 3 is 1.38 bits per heavy atom. The Bertz CT molecular complexity index is 1080. The van der Waals surface area contributed by atoms with E-state index in [1.54, 1.807) is 0 Å². The first kappa shape index (κ1) is 43.5. The van der Waals surface area contributed by atoms with E-state index in [1.165, 1.54) is 51.4 Å². The first-order valence-electron chi connectivity index (χ1n) is 17.0. The smallest absolute Gasteiger partial charge is 0.744 e. The zero-order valence-corrected chi connectivity index (χ0v) is 31.2. The molecule has 0 heterocycles. The molecule has 1 aromatic carbocycles. The van der Waals surface area contributed by atoms with Gasteiger partial charge in [-0.15, -0.1) is 0 Å². The summed E-state index contributed by atoms with van der Waals surface area (Å²) in [6, 6.07) is 3.08. The van der Waals surface area contributed by atoms with Crippen molar-refractivity contribution in [2.75, 3.05) is 13.2 Å². The van der Waals surface area contributed by atoms with Gasteiger partial charge in [0.1, 0.15) is 10.1 Å². The third-order valence-corrected chi connectivity index (χ3v) is 8.33. The summed E-state index contributed by atoms with van der Waals surface area (Å²) in [7, 11) is -4.81. The van der Waals surface area contributed by atoms with Crippen LogP contribution in [0.5, 0.6) is 0 Å². The minimum Gasteiger partial charge on any atom is -0.744 e. The zero-order chi connectivity index (χ0) is 32.3. The second-order valence-corrected chi connectivity index (χ2v) is 12.9. The van der Waals surface area contributed by atoms with E-state index in [9.17, 15) is 22.6 Å². The van der Waals surface area contributed by atoms with Crippen molar-refractivity contribution in [1.29, 1.82) is 0 Å². The monoisotopic (exact) mass is 656 g/mol. The van der Waals surface area contributed by atoms with Crippen LogP contribution in [0.15, 0.2) is 47.4 Å². The van der Waals surface area contributed by atoms with Gasteiger partial charge in [-0.2, -0.15) is 0 Å². The Hall–Kier alpha value is -1.45. The Balaban J connectivity index is 0.0000194. The van der Waals surface area contributed by atoms with Crippen LogP contribution < -0.4 is 29.6 Å². The summed E-state index contributed by atoms with van der Waals surface area (Å²) in [5.41, 5.74) is -0.370. The molecule has 0 aromatic heterocycles. The SMILES string of the molecule is CCCCCC/C=C/CCCCCCOC(=O)c1ccc(S(=O)(=O)[O-])cc1C(=O)OCCCCCC/C=C/CCCCCC.[Na+]. The maximum absolute atomic E-state index is 12.8. The topological polar surface area (TPSA) is 110 Å². The minimum atomic E-state index is -4.81. The number of allylic oxidation sites excluding steroid dienone is 4. The number of esters is 2. The molecule has 0 spiro atoms. The summed E-state index contributed by atoms with van der Waals surface area (Å²) in [5.74, 6) is -1.58. The van der Waals surface area contributed by atoms with Gasteiger partial charge in [0.15, 0.2) is 0 Å². The number of ether oxygens (including phenoxy) is 2. The van der Waals surface area contributed by atoms with Gasteiger partial charge in [0, 0.05) is 0 Å². The van der Waals surface area contributed by atoms with Gasteiger partial charge in [-0.1, -0.05) is 102 Å². The van der Waals surface area contributed by atoms with Crippen molar-refractivity contribution in [2.45, 2.75) is 147 Å². The number of hydrogen-bond donors (Lipinski definition) is 0. The van der Waals surface area contributed by atoms with Crippen LogP contribution in [0.4, 0.5) is 0 Å². The van der Waals surface area contributed by atoms with Gasteiger partial charge in [0.05, 0.1) is 29.2 Å². The summed E-state index contributed by atoms with van der Waals surface area (Å²) >= 11 is 0. The number of rotatable bonds is 27. The van der Waals surface area contributed by atoms with Crippen LogP contribution in [0, 0.1) is 0 Å². The van der Waals surface area contributed by atoms with Crippen molar-refractivity contribution >= 4 is 22.1 Å². The second kappa shape index (κ2) is 28.7. The van der Waals surface area contributed by atoms with Crippen molar-refractivity contribution in [3.63, 3.8) is 0 Å². The molecule has 0 saturated heterocycles. The normalized spacial score (nSPS) is 11.6. The van der Waals surface area contributed by atoms with Crippen molar-refractivity contribution in [3.05, 3.63) is 53.6 Å². The molecule has 0 bridgehead atoms. The maximum Gasteiger partial charge on any atom is 1.00 e. The molecule has 7 nitrogen and oxygen atoms in total. The van der Waals surface area contributed by atoms with Gasteiger partial charge < -0.3 is 14.0 Å². The molecule has 1 aromatic rings. The van der Waals surface area contributed by atoms with Crippen LogP contribution in [0.25, 0.3) is 0 Å². The molecule has 0 saturated carbocycles. The molecule has 0 aliphatic rings. The Labute approximate surface area is 296 Å². The van der Waals surface area contributed by atoms with Crippen LogP contribution in [0.1, 0.15) is 163 Å². The van der Waals surface area contributed by atoms with E-state index in [4.69, 9.17) is 9.47 Å². The van der Waals surface area contributed by atoms with Crippen LogP contribution >= 0.6 is 0 Å². The van der Waals surface area contributed by atoms with Crippen molar-refractivity contribution < 1.29 is 61.6 Å². The quantitative estimate of drug-likeness (QED) is 0.0335. The summed E-state index contributed by atoms with van der Waals surface area (Å²) in [6.45, 7) is 4.76. The Kier molecular flexibility index (Phi) is 27.8. The summed E-state index contributed by atoms with van der Waals surface area (Å²) in [4.78, 5) is 25.0. The number of hydrogen-bond acceptors (Lipinski definition) is 7. The standard InChI is InChI=1S/C36H58O7S.Na/c1-3-5-7-9-11-13-15-17-19-21-23-25-29-42-35(37)33-28-27-32(44(39,40)41)31-34(33)36(38)43-30-26-24-22-20-18-16-14-12-10-8-6-4-2;/h13-16,27-28,31H,3-12,17-26,29-30H2,1-2H3,(H,39,40,41);/q;+1/p-1/b15-13+,16-14+;. The van der Waals surface area contributed by atoms with Gasteiger partial charge in [-0.25, -0.2) is 18.0 Å². The molecular formula is C36H57NaO7S. The van der Waals surface area contributed by atoms with E-state index in [-0.39, 0.29) is 53.9 Å². The zero-order valence-electron chi connectivity index (χ0n) is 28.4. The van der Waals surface area contributed by atoms with Crippen molar-refractivity contribution in [3.8, 4) is 0 Å². The van der Waals surface area contributed by atoms with E-state index in [1.807, 2.05) is 0 Å². The molecule has 1 rings (SSSR count). The van der Waals surface area contributed by atoms with Gasteiger partial charge in [-0.3, -0.25) is 0 Å². The van der Waals surface area contributed by atoms with Gasteiger partial charge in [-0.05, 0) is 82.4 Å². The van der Waals surface area contributed by atoms with Crippen molar-refractivity contribution in [2.24, 2.45) is 0 Å². The van der Waals surface area contributed by atoms with E-state index in [2.05, 4.69) is 38.2 Å². The molecule has 0 aliphatic carbocycles. The molecular weight excluding hydrogens is 599 g/mol. The van der Waals surface area contributed by atoms with Gasteiger partial charge >= 0.3 is 41.5 Å². The van der Waals surface area contributed by atoms with E-state index in [0.717, 1.165) is 82.4 Å². The Morgan fingerprint density at radius 1 is 0.600 bits per heavy atom. The largest absolute Gasteiger partial charge is 1.00 e. The molecule has 0 fully saturated rings. The third-order valence-electron chi connectivity index (χ3n) is 7.50. The number of carbonyl (C=O) groups excluding carboxylic acids is 2. The third kappa shape index (κ3) is 22.7. The predicted molar refractivity (Wildman–Crippen MR) is 177 cm³/mol. The van der Waals surface area contributed by atoms with E-state index in [0.29, 0.717) is 12.8 Å². The van der Waals surface area contributed by atoms with Gasteiger partial charge in [0.2, 0.25) is 0 Å². The molecule has 250 valence electrons. The van der Waals surface area contributed by atoms with E-state index >= 15 is 0 Å². The molecule has 45 heavy (non-hydrogen) atoms. The molecule has 0 unspecified atom stereocenters.